The minimum absolute atomic E-state index is 0.0110. The van der Waals surface area contributed by atoms with Crippen LogP contribution >= 0.6 is 0 Å². The highest BCUT2D eigenvalue weighted by atomic mass is 19.4. The summed E-state index contributed by atoms with van der Waals surface area (Å²) in [7, 11) is 0. The molecule has 2 amide bonds. The van der Waals surface area contributed by atoms with Crippen LogP contribution in [0.3, 0.4) is 0 Å². The first-order chi connectivity index (χ1) is 18.6. The Morgan fingerprint density at radius 1 is 1.21 bits per heavy atom. The molecule has 8 nitrogen and oxygen atoms in total. The van der Waals surface area contributed by atoms with Crippen LogP contribution in [-0.2, 0) is 15.7 Å². The van der Waals surface area contributed by atoms with Crippen molar-refractivity contribution in [2.24, 2.45) is 5.92 Å². The quantitative estimate of drug-likeness (QED) is 0.527. The molecule has 210 valence electrons. The molecule has 5 unspecified atom stereocenters. The van der Waals surface area contributed by atoms with E-state index in [-0.39, 0.29) is 23.8 Å². The fourth-order valence-corrected chi connectivity index (χ4v) is 5.93. The first-order valence-corrected chi connectivity index (χ1v) is 13.2. The molecular formula is C27H30F4N4O4. The molecule has 2 aliphatic heterocycles. The number of ether oxygens (including phenoxy) is 2. The molecule has 2 aromatic heterocycles. The molecule has 0 bridgehead atoms. The van der Waals surface area contributed by atoms with Crippen molar-refractivity contribution in [1.29, 1.82) is 0 Å². The zero-order chi connectivity index (χ0) is 27.9. The average Bonchev–Trinajstić information content (AvgIpc) is 3.02. The van der Waals surface area contributed by atoms with Crippen LogP contribution in [0.25, 0.3) is 0 Å². The second-order valence-electron chi connectivity index (χ2n) is 10.4. The predicted octanol–water partition coefficient (Wildman–Crippen LogP) is 5.19. The Hall–Kier alpha value is -3.28. The molecule has 0 aromatic carbocycles. The summed E-state index contributed by atoms with van der Waals surface area (Å²) in [5.41, 5.74) is -0.527. The standard InChI is InChI=1S/C27H30F4N4O4/c1-3-35-24-20(17-7-9-38-13-21(17)39-26(35)37)10-15(12-33-24)19-11-16(5-4-14(19)2)34-25(36)18-6-8-32-23(22(18)28)27(29,30)31/h6,8,10,12,14,16-17,19,21H,3-5,7,9,11,13H2,1-2H3,(H,34,36). The number of amides is 2. The molecule has 1 saturated heterocycles. The van der Waals surface area contributed by atoms with E-state index in [1.54, 1.807) is 6.20 Å². The summed E-state index contributed by atoms with van der Waals surface area (Å²) in [6.45, 7) is 5.21. The highest BCUT2D eigenvalue weighted by Gasteiger charge is 2.41. The summed E-state index contributed by atoms with van der Waals surface area (Å²) in [5, 5.41) is 2.73. The molecule has 1 saturated carbocycles. The Balaban J connectivity index is 1.39. The van der Waals surface area contributed by atoms with Crippen LogP contribution in [0.15, 0.2) is 24.5 Å². The van der Waals surface area contributed by atoms with Crippen molar-refractivity contribution < 1.29 is 36.6 Å². The number of aromatic nitrogens is 2. The van der Waals surface area contributed by atoms with Crippen LogP contribution in [-0.4, -0.2) is 53.9 Å². The summed E-state index contributed by atoms with van der Waals surface area (Å²) in [4.78, 5) is 34.8. The normalized spacial score (nSPS) is 27.2. The Morgan fingerprint density at radius 2 is 2.00 bits per heavy atom. The summed E-state index contributed by atoms with van der Waals surface area (Å²) < 4.78 is 65.0. The van der Waals surface area contributed by atoms with E-state index in [1.807, 2.05) is 6.92 Å². The van der Waals surface area contributed by atoms with E-state index in [0.717, 1.165) is 29.8 Å². The monoisotopic (exact) mass is 550 g/mol. The second kappa shape index (κ2) is 10.7. The van der Waals surface area contributed by atoms with Gasteiger partial charge in [0.25, 0.3) is 5.91 Å². The average molecular weight is 551 g/mol. The number of hydrogen-bond acceptors (Lipinski definition) is 6. The molecule has 4 heterocycles. The maximum Gasteiger partial charge on any atom is 0.436 e. The van der Waals surface area contributed by atoms with Gasteiger partial charge in [-0.05, 0) is 62.1 Å². The van der Waals surface area contributed by atoms with Gasteiger partial charge in [-0.2, -0.15) is 13.2 Å². The molecule has 0 radical (unpaired) electrons. The van der Waals surface area contributed by atoms with Gasteiger partial charge in [0.15, 0.2) is 11.5 Å². The number of nitrogens with zero attached hydrogens (tertiary/aromatic N) is 3. The Bertz CT molecular complexity index is 1260. The molecule has 39 heavy (non-hydrogen) atoms. The van der Waals surface area contributed by atoms with Crippen molar-refractivity contribution in [3.8, 4) is 0 Å². The van der Waals surface area contributed by atoms with E-state index >= 15 is 0 Å². The number of carbonyl (C=O) groups excluding carboxylic acids is 2. The van der Waals surface area contributed by atoms with Crippen LogP contribution in [0.2, 0.25) is 0 Å². The third-order valence-corrected chi connectivity index (χ3v) is 8.03. The van der Waals surface area contributed by atoms with E-state index < -0.39 is 41.4 Å². The van der Waals surface area contributed by atoms with Gasteiger partial charge in [-0.1, -0.05) is 6.92 Å². The SMILES string of the molecule is CCN1C(=O)OC2COCCC2c2cc(C3CC(NC(=O)c4ccnc(C(F)(F)F)c4F)CCC3C)cnc21. The molecular weight excluding hydrogens is 520 g/mol. The first kappa shape index (κ1) is 27.3. The van der Waals surface area contributed by atoms with Gasteiger partial charge in [-0.25, -0.2) is 19.2 Å². The number of fused-ring (bicyclic) bond motifs is 3. The smallest absolute Gasteiger partial charge is 0.436 e. The van der Waals surface area contributed by atoms with Crippen molar-refractivity contribution in [1.82, 2.24) is 15.3 Å². The number of halogens is 4. The van der Waals surface area contributed by atoms with Gasteiger partial charge in [0.2, 0.25) is 0 Å². The van der Waals surface area contributed by atoms with Crippen molar-refractivity contribution in [3.63, 3.8) is 0 Å². The number of nitrogens with one attached hydrogen (secondary N) is 1. The third-order valence-electron chi connectivity index (χ3n) is 8.03. The van der Waals surface area contributed by atoms with Crippen LogP contribution < -0.4 is 10.2 Å². The van der Waals surface area contributed by atoms with Gasteiger partial charge in [0.1, 0.15) is 11.9 Å². The molecule has 1 N–H and O–H groups in total. The zero-order valence-corrected chi connectivity index (χ0v) is 21.6. The highest BCUT2D eigenvalue weighted by molar-refractivity contribution is 5.94. The highest BCUT2D eigenvalue weighted by Crippen LogP contribution is 2.43. The van der Waals surface area contributed by atoms with E-state index in [9.17, 15) is 27.2 Å². The van der Waals surface area contributed by atoms with Gasteiger partial charge >= 0.3 is 12.3 Å². The first-order valence-electron chi connectivity index (χ1n) is 13.2. The summed E-state index contributed by atoms with van der Waals surface area (Å²) >= 11 is 0. The topological polar surface area (TPSA) is 93.7 Å². The maximum atomic E-state index is 14.5. The minimum Gasteiger partial charge on any atom is -0.443 e. The largest absolute Gasteiger partial charge is 0.443 e. The van der Waals surface area contributed by atoms with Crippen molar-refractivity contribution in [2.75, 3.05) is 24.7 Å². The van der Waals surface area contributed by atoms with Crippen LogP contribution in [0.5, 0.6) is 0 Å². The summed E-state index contributed by atoms with van der Waals surface area (Å²) in [6, 6.07) is 2.65. The van der Waals surface area contributed by atoms with Gasteiger partial charge in [0, 0.05) is 43.1 Å². The lowest BCUT2D eigenvalue weighted by Gasteiger charge is -2.36. The number of pyridine rings is 2. The lowest BCUT2D eigenvalue weighted by atomic mass is 9.74. The Labute approximate surface area is 223 Å². The lowest BCUT2D eigenvalue weighted by molar-refractivity contribution is -0.143. The molecule has 12 heteroatoms. The summed E-state index contributed by atoms with van der Waals surface area (Å²) in [5.74, 6) is -1.84. The molecule has 3 aliphatic rings. The third kappa shape index (κ3) is 5.30. The second-order valence-corrected chi connectivity index (χ2v) is 10.4. The fourth-order valence-electron chi connectivity index (χ4n) is 5.93. The lowest BCUT2D eigenvalue weighted by Crippen LogP contribution is -2.40. The molecule has 0 spiro atoms. The van der Waals surface area contributed by atoms with E-state index in [2.05, 4.69) is 23.3 Å². The van der Waals surface area contributed by atoms with Gasteiger partial charge in [-0.3, -0.25) is 9.69 Å². The van der Waals surface area contributed by atoms with E-state index in [1.165, 1.54) is 4.90 Å². The van der Waals surface area contributed by atoms with Crippen molar-refractivity contribution in [2.45, 2.75) is 69.7 Å². The van der Waals surface area contributed by atoms with Crippen LogP contribution in [0.4, 0.5) is 28.2 Å². The molecule has 5 rings (SSSR count). The summed E-state index contributed by atoms with van der Waals surface area (Å²) in [6.07, 6.45) is -0.786. The zero-order valence-electron chi connectivity index (χ0n) is 21.6. The van der Waals surface area contributed by atoms with Gasteiger partial charge in [0.05, 0.1) is 12.2 Å². The fraction of sp³-hybridized carbons (Fsp3) is 0.556. The molecule has 2 aromatic rings. The number of anilines is 1. The Morgan fingerprint density at radius 3 is 2.74 bits per heavy atom. The maximum absolute atomic E-state index is 14.5. The number of alkyl halides is 3. The number of hydrogen-bond donors (Lipinski definition) is 1. The Kier molecular flexibility index (Phi) is 7.49. The van der Waals surface area contributed by atoms with Gasteiger partial charge < -0.3 is 14.8 Å². The van der Waals surface area contributed by atoms with Crippen LogP contribution in [0, 0.1) is 11.7 Å². The van der Waals surface area contributed by atoms with E-state index in [4.69, 9.17) is 14.5 Å². The van der Waals surface area contributed by atoms with Crippen molar-refractivity contribution >= 4 is 17.8 Å². The molecule has 2 fully saturated rings. The molecule has 1 aliphatic carbocycles. The number of carbonyl (C=O) groups is 2. The van der Waals surface area contributed by atoms with Crippen LogP contribution in [0.1, 0.15) is 78.5 Å². The molecule has 5 atom stereocenters. The number of rotatable bonds is 4. The predicted molar refractivity (Wildman–Crippen MR) is 132 cm³/mol. The minimum atomic E-state index is -5.00. The van der Waals surface area contributed by atoms with Gasteiger partial charge in [-0.15, -0.1) is 0 Å². The van der Waals surface area contributed by atoms with Crippen molar-refractivity contribution in [3.05, 3.63) is 52.7 Å². The van der Waals surface area contributed by atoms with E-state index in [0.29, 0.717) is 44.8 Å².